The topological polar surface area (TPSA) is 38.0 Å². The van der Waals surface area contributed by atoms with Crippen molar-refractivity contribution >= 4 is 0 Å². The first-order valence-electron chi connectivity index (χ1n) is 5.40. The van der Waals surface area contributed by atoms with Crippen molar-refractivity contribution in [3.05, 3.63) is 35.4 Å². The Morgan fingerprint density at radius 1 is 1.29 bits per heavy atom. The van der Waals surface area contributed by atoms with Gasteiger partial charge in [0.1, 0.15) is 0 Å². The van der Waals surface area contributed by atoms with Crippen LogP contribution in [0.1, 0.15) is 36.4 Å². The zero-order valence-corrected chi connectivity index (χ0v) is 8.29. The van der Waals surface area contributed by atoms with E-state index in [-0.39, 0.29) is 5.54 Å². The molecule has 1 fully saturated rings. The van der Waals surface area contributed by atoms with Crippen molar-refractivity contribution in [2.24, 2.45) is 5.73 Å². The number of benzene rings is 1. The second-order valence-corrected chi connectivity index (χ2v) is 4.60. The van der Waals surface area contributed by atoms with Crippen LogP contribution in [-0.4, -0.2) is 5.54 Å². The molecule has 2 heteroatoms. The van der Waals surface area contributed by atoms with Gasteiger partial charge in [0.25, 0.3) is 0 Å². The predicted octanol–water partition coefficient (Wildman–Crippen LogP) is 1.71. The zero-order chi connectivity index (χ0) is 9.60. The van der Waals surface area contributed by atoms with E-state index in [0.717, 1.165) is 6.54 Å². The monoisotopic (exact) mass is 188 g/mol. The fourth-order valence-corrected chi connectivity index (χ4v) is 2.69. The molecule has 1 saturated carbocycles. The molecule has 1 aliphatic heterocycles. The molecule has 2 aliphatic rings. The Hall–Kier alpha value is -0.860. The van der Waals surface area contributed by atoms with Crippen LogP contribution in [0.5, 0.6) is 0 Å². The predicted molar refractivity (Wildman–Crippen MR) is 56.8 cm³/mol. The van der Waals surface area contributed by atoms with Crippen LogP contribution in [-0.2, 0) is 6.54 Å². The fourth-order valence-electron chi connectivity index (χ4n) is 2.69. The van der Waals surface area contributed by atoms with E-state index in [1.165, 1.54) is 30.4 Å². The zero-order valence-electron chi connectivity index (χ0n) is 8.29. The van der Waals surface area contributed by atoms with Crippen molar-refractivity contribution in [3.63, 3.8) is 0 Å². The fraction of sp³-hybridized carbons (Fsp3) is 0.500. The van der Waals surface area contributed by atoms with Gasteiger partial charge >= 0.3 is 0 Å². The van der Waals surface area contributed by atoms with Gasteiger partial charge in [-0.3, -0.25) is 0 Å². The van der Waals surface area contributed by atoms with Crippen LogP contribution in [0.3, 0.4) is 0 Å². The lowest BCUT2D eigenvalue weighted by Crippen LogP contribution is -2.54. The normalized spacial score (nSPS) is 28.2. The summed E-state index contributed by atoms with van der Waals surface area (Å²) in [6.07, 6.45) is 3.62. The van der Waals surface area contributed by atoms with E-state index < -0.39 is 0 Å². The molecule has 1 unspecified atom stereocenters. The van der Waals surface area contributed by atoms with Crippen molar-refractivity contribution in [2.75, 3.05) is 0 Å². The summed E-state index contributed by atoms with van der Waals surface area (Å²) in [5, 5.41) is 3.54. The molecule has 3 N–H and O–H groups in total. The lowest BCUT2D eigenvalue weighted by Gasteiger charge is -2.43. The number of nitrogens with one attached hydrogen (secondary N) is 1. The first-order valence-corrected chi connectivity index (χ1v) is 5.40. The maximum absolute atomic E-state index is 6.36. The van der Waals surface area contributed by atoms with E-state index in [0.29, 0.717) is 6.04 Å². The Kier molecular flexibility index (Phi) is 1.70. The van der Waals surface area contributed by atoms with E-state index in [9.17, 15) is 0 Å². The summed E-state index contributed by atoms with van der Waals surface area (Å²) >= 11 is 0. The van der Waals surface area contributed by atoms with Crippen LogP contribution in [0.15, 0.2) is 24.3 Å². The van der Waals surface area contributed by atoms with Gasteiger partial charge in [-0.15, -0.1) is 0 Å². The van der Waals surface area contributed by atoms with E-state index in [1.807, 2.05) is 0 Å². The van der Waals surface area contributed by atoms with Crippen molar-refractivity contribution in [1.29, 1.82) is 0 Å². The largest absolute Gasteiger partial charge is 0.323 e. The van der Waals surface area contributed by atoms with E-state index in [1.54, 1.807) is 0 Å². The standard InChI is InChI=1S/C12H16N2/c13-12(6-3-7-12)11-10-5-2-1-4-9(10)8-14-11/h1-2,4-5,11,14H,3,6-8,13H2. The SMILES string of the molecule is NC1(C2NCc3ccccc32)CCC1. The van der Waals surface area contributed by atoms with Crippen LogP contribution in [0.4, 0.5) is 0 Å². The smallest absolute Gasteiger partial charge is 0.0508 e. The molecule has 0 aromatic heterocycles. The van der Waals surface area contributed by atoms with Gasteiger partial charge in [0.15, 0.2) is 0 Å². The summed E-state index contributed by atoms with van der Waals surface area (Å²) in [4.78, 5) is 0. The van der Waals surface area contributed by atoms with Gasteiger partial charge in [-0.2, -0.15) is 0 Å². The van der Waals surface area contributed by atoms with Gasteiger partial charge in [-0.05, 0) is 30.4 Å². The van der Waals surface area contributed by atoms with E-state index in [2.05, 4.69) is 29.6 Å². The average molecular weight is 188 g/mol. The second-order valence-electron chi connectivity index (χ2n) is 4.60. The molecule has 3 rings (SSSR count). The Bertz CT molecular complexity index is 355. The molecule has 0 bridgehead atoms. The summed E-state index contributed by atoms with van der Waals surface area (Å²) in [5.41, 5.74) is 9.25. The summed E-state index contributed by atoms with van der Waals surface area (Å²) < 4.78 is 0. The molecule has 1 atom stereocenters. The number of hydrogen-bond donors (Lipinski definition) is 2. The Balaban J connectivity index is 1.97. The Morgan fingerprint density at radius 3 is 2.79 bits per heavy atom. The van der Waals surface area contributed by atoms with Crippen LogP contribution in [0.25, 0.3) is 0 Å². The Morgan fingerprint density at radius 2 is 2.07 bits per heavy atom. The number of hydrogen-bond acceptors (Lipinski definition) is 2. The highest BCUT2D eigenvalue weighted by Crippen LogP contribution is 2.43. The maximum Gasteiger partial charge on any atom is 0.0508 e. The van der Waals surface area contributed by atoms with Gasteiger partial charge < -0.3 is 11.1 Å². The minimum atomic E-state index is 0.0343. The molecule has 14 heavy (non-hydrogen) atoms. The van der Waals surface area contributed by atoms with Crippen LogP contribution in [0.2, 0.25) is 0 Å². The molecule has 1 aromatic carbocycles. The molecular formula is C12H16N2. The third-order valence-corrected chi connectivity index (χ3v) is 3.72. The average Bonchev–Trinajstić information content (AvgIpc) is 2.58. The second kappa shape index (κ2) is 2.81. The molecular weight excluding hydrogens is 172 g/mol. The first-order chi connectivity index (χ1) is 6.80. The molecule has 0 saturated heterocycles. The number of rotatable bonds is 1. The summed E-state index contributed by atoms with van der Waals surface area (Å²) in [5.74, 6) is 0. The Labute approximate surface area is 84.5 Å². The van der Waals surface area contributed by atoms with Crippen molar-refractivity contribution in [2.45, 2.75) is 37.4 Å². The van der Waals surface area contributed by atoms with Gasteiger partial charge in [-0.25, -0.2) is 0 Å². The third-order valence-electron chi connectivity index (χ3n) is 3.72. The maximum atomic E-state index is 6.36. The van der Waals surface area contributed by atoms with E-state index in [4.69, 9.17) is 5.73 Å². The van der Waals surface area contributed by atoms with Crippen molar-refractivity contribution in [1.82, 2.24) is 5.32 Å². The van der Waals surface area contributed by atoms with Gasteiger partial charge in [0.05, 0.1) is 6.04 Å². The summed E-state index contributed by atoms with van der Waals surface area (Å²) in [6.45, 7) is 0.986. The minimum absolute atomic E-state index is 0.0343. The summed E-state index contributed by atoms with van der Waals surface area (Å²) in [6, 6.07) is 9.03. The highest BCUT2D eigenvalue weighted by molar-refractivity contribution is 5.37. The molecule has 0 radical (unpaired) electrons. The lowest BCUT2D eigenvalue weighted by atomic mass is 9.70. The molecule has 1 aliphatic carbocycles. The molecule has 0 spiro atoms. The highest BCUT2D eigenvalue weighted by Gasteiger charge is 2.43. The van der Waals surface area contributed by atoms with E-state index >= 15 is 0 Å². The summed E-state index contributed by atoms with van der Waals surface area (Å²) in [7, 11) is 0. The number of fused-ring (bicyclic) bond motifs is 1. The van der Waals surface area contributed by atoms with Crippen LogP contribution in [0, 0.1) is 0 Å². The number of nitrogens with two attached hydrogens (primary N) is 1. The highest BCUT2D eigenvalue weighted by atomic mass is 15.0. The van der Waals surface area contributed by atoms with Gasteiger partial charge in [0.2, 0.25) is 0 Å². The van der Waals surface area contributed by atoms with Gasteiger partial charge in [-0.1, -0.05) is 24.3 Å². The quantitative estimate of drug-likeness (QED) is 0.704. The molecule has 2 nitrogen and oxygen atoms in total. The van der Waals surface area contributed by atoms with Crippen molar-refractivity contribution < 1.29 is 0 Å². The van der Waals surface area contributed by atoms with Gasteiger partial charge in [0, 0.05) is 12.1 Å². The molecule has 1 heterocycles. The molecule has 1 aromatic rings. The van der Waals surface area contributed by atoms with Crippen LogP contribution < -0.4 is 11.1 Å². The molecule has 0 amide bonds. The molecule has 74 valence electrons. The third kappa shape index (κ3) is 1.04. The first kappa shape index (κ1) is 8.45. The van der Waals surface area contributed by atoms with Crippen LogP contribution >= 0.6 is 0 Å². The lowest BCUT2D eigenvalue weighted by molar-refractivity contribution is 0.184. The van der Waals surface area contributed by atoms with Crippen molar-refractivity contribution in [3.8, 4) is 0 Å². The minimum Gasteiger partial charge on any atom is -0.323 e.